The van der Waals surface area contributed by atoms with Crippen LogP contribution in [0.4, 0.5) is 0 Å². The highest BCUT2D eigenvalue weighted by Gasteiger charge is 2.72. The van der Waals surface area contributed by atoms with Crippen LogP contribution in [0.3, 0.4) is 0 Å². The normalized spacial score (nSPS) is 36.6. The van der Waals surface area contributed by atoms with Crippen molar-refractivity contribution in [1.82, 2.24) is 0 Å². The van der Waals surface area contributed by atoms with E-state index in [0.717, 1.165) is 51.6 Å². The highest BCUT2D eigenvalue weighted by Crippen LogP contribution is 2.59. The van der Waals surface area contributed by atoms with Crippen LogP contribution in [0.5, 0.6) is 0 Å². The number of carbonyl (C=O) groups excluding carboxylic acids is 1. The molecule has 3 N–H and O–H groups in total. The number of carbonyl (C=O) groups is 1. The molecule has 4 aliphatic rings. The summed E-state index contributed by atoms with van der Waals surface area (Å²) in [5.74, 6) is 0.439. The predicted octanol–water partition coefficient (Wildman–Crippen LogP) is 3.39. The Kier molecular flexibility index (Phi) is 9.79. The lowest BCUT2D eigenvalue weighted by molar-refractivity contribution is -0.426. The maximum Gasteiger partial charge on any atom is 0.306 e. The van der Waals surface area contributed by atoms with Gasteiger partial charge in [-0.25, -0.2) is 8.42 Å². The van der Waals surface area contributed by atoms with Crippen LogP contribution in [0.15, 0.2) is 46.9 Å². The first kappa shape index (κ1) is 31.1. The number of quaternary nitrogens is 1. The van der Waals surface area contributed by atoms with Crippen molar-refractivity contribution in [2.45, 2.75) is 113 Å². The Labute approximate surface area is 238 Å². The minimum Gasteiger partial charge on any atom is -0.744 e. The van der Waals surface area contributed by atoms with E-state index in [1.54, 1.807) is 13.2 Å². The predicted molar refractivity (Wildman–Crippen MR) is 147 cm³/mol. The Morgan fingerprint density at radius 2 is 1.80 bits per heavy atom. The van der Waals surface area contributed by atoms with E-state index in [0.29, 0.717) is 18.4 Å². The number of allylic oxidation sites excluding steroid dienone is 1. The molecule has 2 heterocycles. The van der Waals surface area contributed by atoms with Crippen LogP contribution in [0.2, 0.25) is 0 Å². The van der Waals surface area contributed by atoms with Crippen LogP contribution >= 0.6 is 0 Å². The molecule has 0 amide bonds. The van der Waals surface area contributed by atoms with Crippen molar-refractivity contribution in [2.75, 3.05) is 13.7 Å². The van der Waals surface area contributed by atoms with E-state index in [1.165, 1.54) is 29.8 Å². The van der Waals surface area contributed by atoms with Gasteiger partial charge in [-0.05, 0) is 83.8 Å². The van der Waals surface area contributed by atoms with Gasteiger partial charge in [0.05, 0.1) is 29.6 Å². The van der Waals surface area contributed by atoms with Crippen LogP contribution in [-0.2, 0) is 33.9 Å². The third-order valence-electron chi connectivity index (χ3n) is 8.97. The first-order valence-electron chi connectivity index (χ1n) is 14.4. The number of hydrogen-bond donors (Lipinski definition) is 1. The Hall–Kier alpha value is -1.82. The monoisotopic (exact) mass is 579 g/mol. The zero-order valence-corrected chi connectivity index (χ0v) is 25.0. The topological polar surface area (TPSA) is 145 Å². The minimum absolute atomic E-state index is 0.0797. The Morgan fingerprint density at radius 3 is 2.33 bits per heavy atom. The summed E-state index contributed by atoms with van der Waals surface area (Å²) in [7, 11) is -2.52. The van der Waals surface area contributed by atoms with Gasteiger partial charge in [0, 0.05) is 13.5 Å². The summed E-state index contributed by atoms with van der Waals surface area (Å²) in [5, 5.41) is 0. The molecule has 6 atom stereocenters. The van der Waals surface area contributed by atoms with E-state index < -0.39 is 10.1 Å². The minimum atomic E-state index is -4.25. The van der Waals surface area contributed by atoms with Gasteiger partial charge in [0.25, 0.3) is 0 Å². The summed E-state index contributed by atoms with van der Waals surface area (Å²) in [6.07, 6.45) is 9.50. The lowest BCUT2D eigenvalue weighted by Gasteiger charge is -2.42. The molecule has 2 saturated carbocycles. The van der Waals surface area contributed by atoms with Crippen molar-refractivity contribution in [2.24, 2.45) is 11.8 Å². The SMILES string of the molecule is COC1C(OC(=O)CC2CCC([NH3+])CC2)CC[C@]2(CO2)C1[C@@]1(C)O[C@@H]1CC=C(C)C.O=S(=O)([O-])c1ccccc1. The second-order valence-electron chi connectivity index (χ2n) is 12.3. The molecule has 2 saturated heterocycles. The van der Waals surface area contributed by atoms with Crippen LogP contribution in [0, 0.1) is 11.8 Å². The molecule has 2 aliphatic carbocycles. The van der Waals surface area contributed by atoms with Gasteiger partial charge in [0.1, 0.15) is 33.5 Å². The maximum absolute atomic E-state index is 12.7. The summed E-state index contributed by atoms with van der Waals surface area (Å²) >= 11 is 0. The first-order chi connectivity index (χ1) is 18.9. The fourth-order valence-corrected chi connectivity index (χ4v) is 7.04. The summed E-state index contributed by atoms with van der Waals surface area (Å²) in [4.78, 5) is 12.6. The first-order valence-corrected chi connectivity index (χ1v) is 15.8. The fourth-order valence-electron chi connectivity index (χ4n) is 6.55. The molecule has 0 radical (unpaired) electrons. The van der Waals surface area contributed by atoms with Crippen LogP contribution in [0.25, 0.3) is 0 Å². The van der Waals surface area contributed by atoms with Crippen LogP contribution in [0.1, 0.15) is 72.1 Å². The molecule has 3 unspecified atom stereocenters. The van der Waals surface area contributed by atoms with Gasteiger partial charge in [-0.1, -0.05) is 29.8 Å². The molecule has 5 rings (SSSR count). The lowest BCUT2D eigenvalue weighted by Crippen LogP contribution is -2.61. The number of esters is 1. The van der Waals surface area contributed by atoms with E-state index in [1.807, 2.05) is 0 Å². The van der Waals surface area contributed by atoms with Crippen molar-refractivity contribution in [3.8, 4) is 0 Å². The van der Waals surface area contributed by atoms with Gasteiger partial charge >= 0.3 is 5.97 Å². The fraction of sp³-hybridized carbons (Fsp3) is 0.700. The zero-order chi connectivity index (χ0) is 29.1. The zero-order valence-electron chi connectivity index (χ0n) is 24.2. The number of epoxide rings is 2. The van der Waals surface area contributed by atoms with Crippen molar-refractivity contribution >= 4 is 16.1 Å². The van der Waals surface area contributed by atoms with E-state index in [-0.39, 0.29) is 46.3 Å². The quantitative estimate of drug-likeness (QED) is 0.213. The average Bonchev–Trinajstić information content (AvgIpc) is 3.82. The van der Waals surface area contributed by atoms with Gasteiger partial charge in [-0.15, -0.1) is 0 Å². The number of rotatable bonds is 8. The maximum atomic E-state index is 12.7. The van der Waals surface area contributed by atoms with Crippen molar-refractivity contribution < 1.29 is 42.4 Å². The molecule has 2 aliphatic heterocycles. The van der Waals surface area contributed by atoms with Gasteiger partial charge in [-0.2, -0.15) is 0 Å². The smallest absolute Gasteiger partial charge is 0.306 e. The molecule has 1 aromatic rings. The molecule has 0 aromatic heterocycles. The standard InChI is InChI=1S/C24H39NO5.C6H6O3S/c1-15(2)5-10-19-23(3,30-19)22-21(27-4)18(11-12-24(22)14-28-24)29-20(26)13-16-6-8-17(25)9-7-16;7-10(8,9)6-4-2-1-3-5-6/h5,16-19,21-22H,6-14,25H2,1-4H3;1-5H,(H,7,8,9)/t16?,17?,18?,19-,21?,22?,23+,24+;/m1./s1. The summed E-state index contributed by atoms with van der Waals surface area (Å²) < 4.78 is 55.1. The molecule has 1 aromatic carbocycles. The number of ether oxygens (including phenoxy) is 4. The highest BCUT2D eigenvalue weighted by molar-refractivity contribution is 7.85. The largest absolute Gasteiger partial charge is 0.744 e. The second-order valence-corrected chi connectivity index (χ2v) is 13.6. The highest BCUT2D eigenvalue weighted by atomic mass is 32.2. The van der Waals surface area contributed by atoms with E-state index >= 15 is 0 Å². The van der Waals surface area contributed by atoms with Crippen LogP contribution in [-0.4, -0.2) is 68.2 Å². The van der Waals surface area contributed by atoms with E-state index in [4.69, 9.17) is 18.9 Å². The number of benzene rings is 1. The third-order valence-corrected chi connectivity index (χ3v) is 9.82. The molecule has 40 heavy (non-hydrogen) atoms. The van der Waals surface area contributed by atoms with Crippen molar-refractivity contribution in [3.05, 3.63) is 42.0 Å². The molecule has 0 bridgehead atoms. The lowest BCUT2D eigenvalue weighted by atomic mass is 9.68. The van der Waals surface area contributed by atoms with Crippen molar-refractivity contribution in [3.63, 3.8) is 0 Å². The van der Waals surface area contributed by atoms with Crippen LogP contribution < -0.4 is 5.73 Å². The molecule has 224 valence electrons. The molecule has 10 heteroatoms. The molecule has 4 fully saturated rings. The summed E-state index contributed by atoms with van der Waals surface area (Å²) in [6, 6.07) is 7.73. The third kappa shape index (κ3) is 7.52. The van der Waals surface area contributed by atoms with E-state index in [2.05, 4.69) is 32.6 Å². The Bertz CT molecular complexity index is 1140. The molecule has 1 spiro atoms. The Balaban J connectivity index is 0.000000312. The van der Waals surface area contributed by atoms with Gasteiger partial charge in [-0.3, -0.25) is 4.79 Å². The second kappa shape index (κ2) is 12.6. The van der Waals surface area contributed by atoms with E-state index in [9.17, 15) is 17.8 Å². The van der Waals surface area contributed by atoms with Gasteiger partial charge < -0.3 is 29.2 Å². The number of hydrogen-bond acceptors (Lipinski definition) is 8. The van der Waals surface area contributed by atoms with Crippen molar-refractivity contribution in [1.29, 1.82) is 0 Å². The molecule has 9 nitrogen and oxygen atoms in total. The molecular weight excluding hydrogens is 534 g/mol. The summed E-state index contributed by atoms with van der Waals surface area (Å²) in [6.45, 7) is 7.16. The number of methoxy groups -OCH3 is 1. The molecular formula is C30H45NO8S. The van der Waals surface area contributed by atoms with Gasteiger partial charge in [0.2, 0.25) is 0 Å². The average molecular weight is 580 g/mol. The summed E-state index contributed by atoms with van der Waals surface area (Å²) in [5.41, 5.74) is 4.99. The van der Waals surface area contributed by atoms with Gasteiger partial charge in [0.15, 0.2) is 0 Å². The Morgan fingerprint density at radius 1 is 1.15 bits per heavy atom.